The predicted octanol–water partition coefficient (Wildman–Crippen LogP) is 6.08. The Morgan fingerprint density at radius 3 is 1.39 bits per heavy atom. The van der Waals surface area contributed by atoms with Crippen LogP contribution in [0.5, 0.6) is 17.2 Å². The number of hydrogen-bond donors (Lipinski definition) is 0. The molecule has 0 bridgehead atoms. The van der Waals surface area contributed by atoms with Crippen LogP contribution in [-0.2, 0) is 57.1 Å². The van der Waals surface area contributed by atoms with E-state index in [1.807, 2.05) is 18.2 Å². The van der Waals surface area contributed by atoms with Crippen molar-refractivity contribution in [3.8, 4) is 17.2 Å². The molecule has 0 heterocycles. The Morgan fingerprint density at radius 2 is 0.915 bits per heavy atom. The lowest BCUT2D eigenvalue weighted by Crippen LogP contribution is -2.30. The molecular formula is C44H58O15. The number of carbonyl (C=O) groups excluding carboxylic acids is 5. The van der Waals surface area contributed by atoms with Gasteiger partial charge in [0.15, 0.2) is 12.2 Å². The molecule has 2 aromatic rings. The van der Waals surface area contributed by atoms with Gasteiger partial charge < -0.3 is 47.4 Å². The summed E-state index contributed by atoms with van der Waals surface area (Å²) in [7, 11) is 0. The van der Waals surface area contributed by atoms with Crippen LogP contribution >= 0.6 is 0 Å². The second kappa shape index (κ2) is 29.5. The van der Waals surface area contributed by atoms with Crippen molar-refractivity contribution in [3.05, 3.63) is 91.1 Å². The Balaban J connectivity index is 1.74. The molecule has 0 aliphatic rings. The van der Waals surface area contributed by atoms with Crippen LogP contribution in [0.4, 0.5) is 0 Å². The molecule has 0 saturated heterocycles. The summed E-state index contributed by atoms with van der Waals surface area (Å²) in [4.78, 5) is 59.9. The van der Waals surface area contributed by atoms with E-state index in [2.05, 4.69) is 19.7 Å². The van der Waals surface area contributed by atoms with E-state index in [9.17, 15) is 24.0 Å². The van der Waals surface area contributed by atoms with Crippen molar-refractivity contribution < 1.29 is 71.3 Å². The molecule has 0 aromatic heterocycles. The first kappa shape index (κ1) is 49.5. The molecule has 0 amide bonds. The zero-order valence-corrected chi connectivity index (χ0v) is 34.4. The molecule has 2 atom stereocenters. The van der Waals surface area contributed by atoms with Gasteiger partial charge in [0, 0.05) is 35.6 Å². The quantitative estimate of drug-likeness (QED) is 0.0359. The van der Waals surface area contributed by atoms with E-state index in [-0.39, 0.29) is 84.5 Å². The fourth-order valence-corrected chi connectivity index (χ4v) is 4.56. The minimum Gasteiger partial charge on any atom is -0.491 e. The van der Waals surface area contributed by atoms with Crippen molar-refractivity contribution in [2.24, 2.45) is 0 Å². The minimum absolute atomic E-state index is 0.0504. The molecule has 59 heavy (non-hydrogen) atoms. The molecule has 0 N–H and O–H groups in total. The van der Waals surface area contributed by atoms with E-state index in [1.165, 1.54) is 6.92 Å². The number of hydrogen-bond acceptors (Lipinski definition) is 15. The van der Waals surface area contributed by atoms with Crippen LogP contribution in [0.15, 0.2) is 91.1 Å². The largest absolute Gasteiger partial charge is 0.491 e. The van der Waals surface area contributed by atoms with E-state index in [4.69, 9.17) is 47.4 Å². The first-order valence-electron chi connectivity index (χ1n) is 19.4. The molecule has 15 heteroatoms. The van der Waals surface area contributed by atoms with Gasteiger partial charge in [0.25, 0.3) is 0 Å². The Labute approximate surface area is 346 Å². The number of carbonyl (C=O) groups is 5. The molecular weight excluding hydrogens is 768 g/mol. The van der Waals surface area contributed by atoms with E-state index in [1.54, 1.807) is 50.2 Å². The molecule has 15 nitrogen and oxygen atoms in total. The fourth-order valence-electron chi connectivity index (χ4n) is 4.56. The summed E-state index contributed by atoms with van der Waals surface area (Å²) in [5.74, 6) is -0.816. The number of benzene rings is 2. The van der Waals surface area contributed by atoms with Gasteiger partial charge in [-0.05, 0) is 70.7 Å². The summed E-state index contributed by atoms with van der Waals surface area (Å²) < 4.78 is 55.2. The first-order valence-corrected chi connectivity index (χ1v) is 19.4. The normalized spacial score (nSPS) is 11.6. The van der Waals surface area contributed by atoms with Crippen LogP contribution in [0.2, 0.25) is 0 Å². The monoisotopic (exact) mass is 826 g/mol. The molecule has 2 unspecified atom stereocenters. The Hall–Kier alpha value is -5.67. The summed E-state index contributed by atoms with van der Waals surface area (Å²) in [5, 5.41) is 0. The molecule has 2 aromatic carbocycles. The zero-order valence-electron chi connectivity index (χ0n) is 34.4. The summed E-state index contributed by atoms with van der Waals surface area (Å²) in [6.07, 6.45) is 0.552. The minimum atomic E-state index is -0.860. The second-order valence-electron chi connectivity index (χ2n) is 13.3. The molecule has 2 rings (SSSR count). The van der Waals surface area contributed by atoms with Crippen molar-refractivity contribution in [1.29, 1.82) is 0 Å². The average molecular weight is 827 g/mol. The van der Waals surface area contributed by atoms with Crippen molar-refractivity contribution in [1.82, 2.24) is 0 Å². The third kappa shape index (κ3) is 24.0. The summed E-state index contributed by atoms with van der Waals surface area (Å²) in [5.41, 5.74) is 0.816. The third-order valence-electron chi connectivity index (χ3n) is 7.64. The third-order valence-corrected chi connectivity index (χ3v) is 7.64. The number of ether oxygens (including phenoxy) is 10. The molecule has 0 spiro atoms. The number of rotatable bonds is 32. The van der Waals surface area contributed by atoms with Crippen LogP contribution in [0.25, 0.3) is 0 Å². The standard InChI is InChI=1S/C44H58O15/c1-32(2)42(47)54-21-12-10-19-40(45)58-38(30-56-35-15-8-7-9-16-35)28-50-23-25-52-36-17-14-18-37(27-36)53-26-24-51-29-39(31-57-44(49)34(5)6)59-41(46)20-11-13-22-55-43(48)33(3)4/h7-9,14-18,27,38-39H,1,3,5,10-13,19-26,28-31H2,2,4,6H3. The highest BCUT2D eigenvalue weighted by Gasteiger charge is 2.19. The van der Waals surface area contributed by atoms with E-state index >= 15 is 0 Å². The van der Waals surface area contributed by atoms with Gasteiger partial charge in [0.2, 0.25) is 0 Å². The van der Waals surface area contributed by atoms with E-state index in [0.717, 1.165) is 0 Å². The first-order chi connectivity index (χ1) is 28.3. The van der Waals surface area contributed by atoms with Crippen molar-refractivity contribution in [2.45, 2.75) is 71.5 Å². The topological polar surface area (TPSA) is 178 Å². The average Bonchev–Trinajstić information content (AvgIpc) is 3.21. The number of esters is 5. The Morgan fingerprint density at radius 1 is 0.475 bits per heavy atom. The molecule has 0 saturated carbocycles. The van der Waals surface area contributed by atoms with Gasteiger partial charge in [-0.1, -0.05) is 44.0 Å². The van der Waals surface area contributed by atoms with Crippen LogP contribution in [0.1, 0.15) is 59.3 Å². The Kier molecular flexibility index (Phi) is 24.8. The highest BCUT2D eigenvalue weighted by Crippen LogP contribution is 2.19. The summed E-state index contributed by atoms with van der Waals surface area (Å²) >= 11 is 0. The zero-order chi connectivity index (χ0) is 43.3. The highest BCUT2D eigenvalue weighted by atomic mass is 16.6. The second-order valence-corrected chi connectivity index (χ2v) is 13.3. The SMILES string of the molecule is C=C(C)C(=O)OCCCCC(=O)OC(COCCOc1cccc(OCCOCC(COc2ccccc2)OC(=O)CCCCOC(=O)C(=C)C)c1)COC(=O)C(=C)C. The molecule has 0 fully saturated rings. The van der Waals surface area contributed by atoms with Gasteiger partial charge in [0.1, 0.15) is 43.7 Å². The van der Waals surface area contributed by atoms with Gasteiger partial charge in [-0.3, -0.25) is 9.59 Å². The maximum absolute atomic E-state index is 12.6. The molecule has 324 valence electrons. The number of para-hydroxylation sites is 1. The lowest BCUT2D eigenvalue weighted by molar-refractivity contribution is -0.161. The molecule has 0 radical (unpaired) electrons. The van der Waals surface area contributed by atoms with Crippen LogP contribution < -0.4 is 14.2 Å². The maximum Gasteiger partial charge on any atom is 0.333 e. The van der Waals surface area contributed by atoms with Gasteiger partial charge >= 0.3 is 29.8 Å². The van der Waals surface area contributed by atoms with Gasteiger partial charge in [-0.25, -0.2) is 14.4 Å². The van der Waals surface area contributed by atoms with Crippen molar-refractivity contribution in [2.75, 3.05) is 66.1 Å². The lowest BCUT2D eigenvalue weighted by Gasteiger charge is -2.19. The molecule has 0 aliphatic carbocycles. The predicted molar refractivity (Wildman–Crippen MR) is 216 cm³/mol. The molecule has 0 aliphatic heterocycles. The van der Waals surface area contributed by atoms with Crippen molar-refractivity contribution >= 4 is 29.8 Å². The summed E-state index contributed by atoms with van der Waals surface area (Å²) in [6, 6.07) is 16.1. The maximum atomic E-state index is 12.6. The van der Waals surface area contributed by atoms with Gasteiger partial charge in [0.05, 0.1) is 39.6 Å². The van der Waals surface area contributed by atoms with Crippen LogP contribution in [-0.4, -0.2) is 108 Å². The van der Waals surface area contributed by atoms with Crippen LogP contribution in [0, 0.1) is 0 Å². The number of unbranched alkanes of at least 4 members (excludes halogenated alkanes) is 2. The smallest absolute Gasteiger partial charge is 0.333 e. The van der Waals surface area contributed by atoms with Crippen molar-refractivity contribution in [3.63, 3.8) is 0 Å². The van der Waals surface area contributed by atoms with E-state index in [0.29, 0.717) is 54.1 Å². The summed E-state index contributed by atoms with van der Waals surface area (Å²) in [6.45, 7) is 16.2. The lowest BCUT2D eigenvalue weighted by atomic mass is 10.2. The highest BCUT2D eigenvalue weighted by molar-refractivity contribution is 5.87. The van der Waals surface area contributed by atoms with Crippen LogP contribution in [0.3, 0.4) is 0 Å². The van der Waals surface area contributed by atoms with Gasteiger partial charge in [-0.2, -0.15) is 0 Å². The Bertz CT molecular complexity index is 1640. The fraction of sp³-hybridized carbons (Fsp3) is 0.477. The van der Waals surface area contributed by atoms with Gasteiger partial charge in [-0.15, -0.1) is 0 Å². The van der Waals surface area contributed by atoms with E-state index < -0.39 is 42.1 Å².